The number of carbonyl (C=O) groups is 5. The van der Waals surface area contributed by atoms with Gasteiger partial charge in [0.15, 0.2) is 0 Å². The molecule has 0 atom stereocenters. The number of rotatable bonds is 17. The van der Waals surface area contributed by atoms with E-state index in [2.05, 4.69) is 13.2 Å². The van der Waals surface area contributed by atoms with Crippen molar-refractivity contribution < 1.29 is 57.1 Å². The molecule has 0 fully saturated rings. The van der Waals surface area contributed by atoms with Gasteiger partial charge in [-0.3, -0.25) is 0 Å². The van der Waals surface area contributed by atoms with Crippen LogP contribution in [0.3, 0.4) is 0 Å². The van der Waals surface area contributed by atoms with E-state index in [-0.39, 0.29) is 36.7 Å². The molecule has 3 aromatic rings. The third-order valence-corrected chi connectivity index (χ3v) is 6.73. The molecule has 258 valence electrons. The van der Waals surface area contributed by atoms with Crippen LogP contribution in [0.5, 0.6) is 17.2 Å². The Hall–Kier alpha value is -6.43. The fraction of sp³-hybridized carbons (Fsp3) is 0.184. The lowest BCUT2D eigenvalue weighted by molar-refractivity contribution is -0.139. The molecular formula is C38H34O12. The number of hydrogen-bond acceptors (Lipinski definition) is 12. The molecule has 1 aliphatic rings. The summed E-state index contributed by atoms with van der Waals surface area (Å²) >= 11 is 0. The zero-order valence-electron chi connectivity index (χ0n) is 27.0. The smallest absolute Gasteiger partial charge is 0.343 e. The second-order valence-corrected chi connectivity index (χ2v) is 10.3. The molecule has 0 saturated carbocycles. The molecule has 0 aromatic heterocycles. The second kappa shape index (κ2) is 18.8. The van der Waals surface area contributed by atoms with Crippen LogP contribution < -0.4 is 14.2 Å². The Bertz CT molecular complexity index is 1750. The van der Waals surface area contributed by atoms with Crippen LogP contribution in [-0.4, -0.2) is 56.3 Å². The summed E-state index contributed by atoms with van der Waals surface area (Å²) in [6.07, 6.45) is 6.48. The average Bonchev–Trinajstić information content (AvgIpc) is 3.14. The Morgan fingerprint density at radius 3 is 1.34 bits per heavy atom. The minimum Gasteiger partial charge on any atom is -0.493 e. The molecule has 3 aromatic carbocycles. The predicted octanol–water partition coefficient (Wildman–Crippen LogP) is 6.09. The van der Waals surface area contributed by atoms with Gasteiger partial charge in [-0.25, -0.2) is 24.0 Å². The lowest BCUT2D eigenvalue weighted by atomic mass is 10.1. The van der Waals surface area contributed by atoms with E-state index in [4.69, 9.17) is 33.2 Å². The summed E-state index contributed by atoms with van der Waals surface area (Å²) in [5, 5.41) is 0. The van der Waals surface area contributed by atoms with Crippen molar-refractivity contribution >= 4 is 29.8 Å². The maximum atomic E-state index is 12.7. The highest BCUT2D eigenvalue weighted by molar-refractivity contribution is 5.92. The molecular weight excluding hydrogens is 648 g/mol. The highest BCUT2D eigenvalue weighted by Crippen LogP contribution is 2.24. The molecule has 4 rings (SSSR count). The number of carbonyl (C=O) groups excluding carboxylic acids is 5. The fourth-order valence-corrected chi connectivity index (χ4v) is 4.17. The van der Waals surface area contributed by atoms with Crippen molar-refractivity contribution in [1.82, 2.24) is 0 Å². The molecule has 50 heavy (non-hydrogen) atoms. The number of esters is 5. The predicted molar refractivity (Wildman–Crippen MR) is 178 cm³/mol. The topological polar surface area (TPSA) is 150 Å². The zero-order valence-corrected chi connectivity index (χ0v) is 27.0. The molecule has 0 unspecified atom stereocenters. The molecule has 0 N–H and O–H groups in total. The first-order valence-electron chi connectivity index (χ1n) is 15.4. The summed E-state index contributed by atoms with van der Waals surface area (Å²) in [4.78, 5) is 59.9. The van der Waals surface area contributed by atoms with Crippen molar-refractivity contribution in [2.75, 3.05) is 26.4 Å². The van der Waals surface area contributed by atoms with E-state index in [1.54, 1.807) is 48.6 Å². The van der Waals surface area contributed by atoms with Crippen molar-refractivity contribution in [3.8, 4) is 17.2 Å². The number of allylic oxidation sites excluding steroid dienone is 4. The summed E-state index contributed by atoms with van der Waals surface area (Å²) in [6, 6.07) is 18.6. The van der Waals surface area contributed by atoms with Crippen LogP contribution in [0, 0.1) is 0 Å². The first-order chi connectivity index (χ1) is 24.2. The van der Waals surface area contributed by atoms with Gasteiger partial charge in [0, 0.05) is 31.4 Å². The van der Waals surface area contributed by atoms with E-state index in [0.29, 0.717) is 54.5 Å². The second-order valence-electron chi connectivity index (χ2n) is 10.3. The summed E-state index contributed by atoms with van der Waals surface area (Å²) in [5.41, 5.74) is 0.858. The van der Waals surface area contributed by atoms with E-state index in [1.165, 1.54) is 36.4 Å². The average molecular weight is 683 g/mol. The van der Waals surface area contributed by atoms with Gasteiger partial charge in [-0.15, -0.1) is 0 Å². The first-order valence-corrected chi connectivity index (χ1v) is 15.4. The largest absolute Gasteiger partial charge is 0.493 e. The van der Waals surface area contributed by atoms with Gasteiger partial charge < -0.3 is 33.2 Å². The van der Waals surface area contributed by atoms with Crippen molar-refractivity contribution in [3.63, 3.8) is 0 Å². The molecule has 12 heteroatoms. The molecule has 0 radical (unpaired) electrons. The van der Waals surface area contributed by atoms with Gasteiger partial charge >= 0.3 is 29.8 Å². The lowest BCUT2D eigenvalue weighted by Gasteiger charge is -2.15. The highest BCUT2D eigenvalue weighted by atomic mass is 16.6. The fourth-order valence-electron chi connectivity index (χ4n) is 4.17. The van der Waals surface area contributed by atoms with Crippen molar-refractivity contribution in [2.24, 2.45) is 0 Å². The number of hydrogen-bond donors (Lipinski definition) is 0. The maximum absolute atomic E-state index is 12.7. The third-order valence-electron chi connectivity index (χ3n) is 6.73. The zero-order chi connectivity index (χ0) is 35.7. The molecule has 0 heterocycles. The minimum absolute atomic E-state index is 0.0575. The molecule has 12 nitrogen and oxygen atoms in total. The third kappa shape index (κ3) is 11.7. The Labute approximate surface area is 288 Å². The normalized spacial score (nSPS) is 11.8. The molecule has 1 aliphatic carbocycles. The van der Waals surface area contributed by atoms with Crippen molar-refractivity contribution in [1.29, 1.82) is 0 Å². The summed E-state index contributed by atoms with van der Waals surface area (Å²) in [5.74, 6) is -0.696. The molecule has 0 bridgehead atoms. The Morgan fingerprint density at radius 2 is 0.900 bits per heavy atom. The van der Waals surface area contributed by atoms with Gasteiger partial charge in [-0.05, 0) is 84.9 Å². The van der Waals surface area contributed by atoms with Gasteiger partial charge in [0.2, 0.25) is 0 Å². The molecule has 0 spiro atoms. The number of benzene rings is 3. The van der Waals surface area contributed by atoms with Crippen LogP contribution in [0.1, 0.15) is 50.3 Å². The van der Waals surface area contributed by atoms with Crippen LogP contribution >= 0.6 is 0 Å². The van der Waals surface area contributed by atoms with E-state index >= 15 is 0 Å². The quantitative estimate of drug-likeness (QED) is 0.0533. The summed E-state index contributed by atoms with van der Waals surface area (Å²) in [7, 11) is 0. The van der Waals surface area contributed by atoms with Gasteiger partial charge in [0.05, 0.1) is 29.9 Å². The summed E-state index contributed by atoms with van der Waals surface area (Å²) in [6.45, 7) is 7.37. The van der Waals surface area contributed by atoms with Gasteiger partial charge in [-0.2, -0.15) is 0 Å². The Morgan fingerprint density at radius 1 is 0.500 bits per heavy atom. The lowest BCUT2D eigenvalue weighted by Crippen LogP contribution is -2.11. The van der Waals surface area contributed by atoms with Gasteiger partial charge in [-0.1, -0.05) is 13.2 Å². The Kier molecular flexibility index (Phi) is 13.7. The standard InChI is InChI=1S/C38H34O12/c1-3-34(39)46-23-5-22-44-29-12-6-26(7-13-29)37(42)49-32-18-20-33(21-19-32)50-38(43)28-10-16-31(17-11-28)48-36(41)27-8-14-30(15-9-27)45-24-25-47-35(40)4-2/h3-4,6-18,20H,1-2,5,19,21-25H2. The van der Waals surface area contributed by atoms with Crippen LogP contribution in [-0.2, 0) is 28.5 Å². The van der Waals surface area contributed by atoms with Gasteiger partial charge in [0.25, 0.3) is 0 Å². The first kappa shape index (κ1) is 36.4. The number of ether oxygens (including phenoxy) is 7. The molecule has 0 saturated heterocycles. The van der Waals surface area contributed by atoms with Crippen molar-refractivity contribution in [3.05, 3.63) is 138 Å². The van der Waals surface area contributed by atoms with Crippen LogP contribution in [0.2, 0.25) is 0 Å². The minimum atomic E-state index is -0.606. The van der Waals surface area contributed by atoms with E-state index in [9.17, 15) is 24.0 Å². The van der Waals surface area contributed by atoms with Crippen LogP contribution in [0.25, 0.3) is 0 Å². The maximum Gasteiger partial charge on any atom is 0.343 e. The van der Waals surface area contributed by atoms with E-state index in [0.717, 1.165) is 12.2 Å². The monoisotopic (exact) mass is 682 g/mol. The van der Waals surface area contributed by atoms with Crippen LogP contribution in [0.15, 0.2) is 122 Å². The summed E-state index contributed by atoms with van der Waals surface area (Å²) < 4.78 is 37.1. The molecule has 0 aliphatic heterocycles. The van der Waals surface area contributed by atoms with E-state index < -0.39 is 29.8 Å². The SMILES string of the molecule is C=CC(=O)OCCCOc1ccc(C(=O)OC2=CC=C(OC(=O)c3ccc(OC(=O)c4ccc(OCCOC(=O)C=C)cc4)cc3)CC2)cc1. The van der Waals surface area contributed by atoms with Crippen molar-refractivity contribution in [2.45, 2.75) is 19.3 Å². The molecule has 0 amide bonds. The Balaban J connectivity index is 1.19. The van der Waals surface area contributed by atoms with Gasteiger partial charge in [0.1, 0.15) is 42.0 Å². The van der Waals surface area contributed by atoms with Crippen LogP contribution in [0.4, 0.5) is 0 Å². The van der Waals surface area contributed by atoms with E-state index in [1.807, 2.05) is 0 Å². The highest BCUT2D eigenvalue weighted by Gasteiger charge is 2.18.